The van der Waals surface area contributed by atoms with E-state index in [9.17, 15) is 8.78 Å². The maximum Gasteiger partial charge on any atom is 0.159 e. The highest BCUT2D eigenvalue weighted by Gasteiger charge is 2.11. The molecule has 0 bridgehead atoms. The topological polar surface area (TPSA) is 43.8 Å². The summed E-state index contributed by atoms with van der Waals surface area (Å²) in [4.78, 5) is 0. The van der Waals surface area contributed by atoms with Gasteiger partial charge in [-0.3, -0.25) is 4.68 Å². The Kier molecular flexibility index (Phi) is 3.19. The first-order valence-corrected chi connectivity index (χ1v) is 5.30. The molecule has 1 aromatic carbocycles. The quantitative estimate of drug-likeness (QED) is 0.885. The van der Waals surface area contributed by atoms with Gasteiger partial charge in [-0.2, -0.15) is 5.10 Å². The Balaban J connectivity index is 2.48. The highest BCUT2D eigenvalue weighted by atomic mass is 19.2. The summed E-state index contributed by atoms with van der Waals surface area (Å²) in [6.45, 7) is 0.482. The van der Waals surface area contributed by atoms with Crippen molar-refractivity contribution in [1.29, 1.82) is 0 Å². The van der Waals surface area contributed by atoms with Crippen LogP contribution in [0.2, 0.25) is 0 Å². The van der Waals surface area contributed by atoms with Crippen molar-refractivity contribution in [3.8, 4) is 11.1 Å². The van der Waals surface area contributed by atoms with Gasteiger partial charge in [0.1, 0.15) is 0 Å². The summed E-state index contributed by atoms with van der Waals surface area (Å²) >= 11 is 0. The van der Waals surface area contributed by atoms with Crippen LogP contribution in [0.15, 0.2) is 24.4 Å². The largest absolute Gasteiger partial charge is 0.330 e. The van der Waals surface area contributed by atoms with Gasteiger partial charge in [0.15, 0.2) is 11.6 Å². The molecular weight excluding hydrogens is 224 g/mol. The summed E-state index contributed by atoms with van der Waals surface area (Å²) in [5.41, 5.74) is 7.83. The number of nitrogens with two attached hydrogens (primary N) is 1. The maximum absolute atomic E-state index is 13.2. The number of aromatic nitrogens is 2. The van der Waals surface area contributed by atoms with Gasteiger partial charge in [0.05, 0.1) is 6.20 Å². The standard InChI is InChI=1S/C12H13F2N3/c1-17-12(4-5-15)9(7-16-17)8-2-3-10(13)11(14)6-8/h2-3,6-7H,4-5,15H2,1H3. The van der Waals surface area contributed by atoms with Crippen LogP contribution < -0.4 is 5.73 Å². The van der Waals surface area contributed by atoms with E-state index in [4.69, 9.17) is 5.73 Å². The zero-order valence-corrected chi connectivity index (χ0v) is 9.45. The van der Waals surface area contributed by atoms with Gasteiger partial charge in [-0.1, -0.05) is 6.07 Å². The van der Waals surface area contributed by atoms with Crippen molar-refractivity contribution in [1.82, 2.24) is 9.78 Å². The van der Waals surface area contributed by atoms with Crippen LogP contribution in [0.5, 0.6) is 0 Å². The molecule has 0 unspecified atom stereocenters. The van der Waals surface area contributed by atoms with Gasteiger partial charge in [0.25, 0.3) is 0 Å². The molecule has 3 nitrogen and oxygen atoms in total. The number of rotatable bonds is 3. The Labute approximate surface area is 97.9 Å². The second-order valence-corrected chi connectivity index (χ2v) is 3.80. The van der Waals surface area contributed by atoms with E-state index >= 15 is 0 Å². The lowest BCUT2D eigenvalue weighted by molar-refractivity contribution is 0.509. The third-order valence-corrected chi connectivity index (χ3v) is 2.67. The fraction of sp³-hybridized carbons (Fsp3) is 0.250. The lowest BCUT2D eigenvalue weighted by atomic mass is 10.0. The molecule has 1 heterocycles. The summed E-state index contributed by atoms with van der Waals surface area (Å²) < 4.78 is 27.7. The highest BCUT2D eigenvalue weighted by molar-refractivity contribution is 5.65. The molecule has 0 aliphatic heterocycles. The van der Waals surface area contributed by atoms with Crippen LogP contribution in [0.3, 0.4) is 0 Å². The molecular formula is C12H13F2N3. The Bertz CT molecular complexity index is 535. The minimum atomic E-state index is -0.856. The van der Waals surface area contributed by atoms with Crippen molar-refractivity contribution in [2.75, 3.05) is 6.54 Å². The molecule has 0 spiro atoms. The van der Waals surface area contributed by atoms with Gasteiger partial charge in [-0.15, -0.1) is 0 Å². The lowest BCUT2D eigenvalue weighted by Gasteiger charge is -2.05. The van der Waals surface area contributed by atoms with Crippen molar-refractivity contribution >= 4 is 0 Å². The van der Waals surface area contributed by atoms with E-state index in [1.807, 2.05) is 0 Å². The first kappa shape index (κ1) is 11.7. The first-order chi connectivity index (χ1) is 8.13. The van der Waals surface area contributed by atoms with E-state index in [1.54, 1.807) is 17.9 Å². The van der Waals surface area contributed by atoms with Gasteiger partial charge < -0.3 is 5.73 Å². The molecule has 2 rings (SSSR count). The van der Waals surface area contributed by atoms with Crippen LogP contribution in [0, 0.1) is 11.6 Å². The molecule has 1 aromatic heterocycles. The summed E-state index contributed by atoms with van der Waals surface area (Å²) in [5, 5.41) is 4.11. The van der Waals surface area contributed by atoms with E-state index in [-0.39, 0.29) is 0 Å². The molecule has 2 N–H and O–H groups in total. The van der Waals surface area contributed by atoms with Gasteiger partial charge >= 0.3 is 0 Å². The minimum Gasteiger partial charge on any atom is -0.330 e. The van der Waals surface area contributed by atoms with Gasteiger partial charge in [-0.25, -0.2) is 8.78 Å². The summed E-state index contributed by atoms with van der Waals surface area (Å²) in [6, 6.07) is 3.83. The third kappa shape index (κ3) is 2.19. The second kappa shape index (κ2) is 4.63. The monoisotopic (exact) mass is 237 g/mol. The average Bonchev–Trinajstić information content (AvgIpc) is 2.66. The zero-order valence-electron chi connectivity index (χ0n) is 9.45. The zero-order chi connectivity index (χ0) is 12.4. The van der Waals surface area contributed by atoms with Crippen LogP contribution in [0.25, 0.3) is 11.1 Å². The van der Waals surface area contributed by atoms with Crippen LogP contribution in [-0.2, 0) is 13.5 Å². The van der Waals surface area contributed by atoms with Crippen LogP contribution >= 0.6 is 0 Å². The Morgan fingerprint density at radius 1 is 1.29 bits per heavy atom. The van der Waals surface area contributed by atoms with E-state index < -0.39 is 11.6 Å². The number of benzene rings is 1. The number of hydrogen-bond acceptors (Lipinski definition) is 2. The van der Waals surface area contributed by atoms with Crippen molar-refractivity contribution < 1.29 is 8.78 Å². The molecule has 0 saturated heterocycles. The third-order valence-electron chi connectivity index (χ3n) is 2.67. The molecule has 90 valence electrons. The number of nitrogens with zero attached hydrogens (tertiary/aromatic N) is 2. The Morgan fingerprint density at radius 3 is 2.71 bits per heavy atom. The predicted octanol–water partition coefficient (Wildman–Crippen LogP) is 1.87. The van der Waals surface area contributed by atoms with E-state index in [0.29, 0.717) is 18.5 Å². The van der Waals surface area contributed by atoms with E-state index in [2.05, 4.69) is 5.10 Å². The molecule has 2 aromatic rings. The average molecular weight is 237 g/mol. The maximum atomic E-state index is 13.2. The summed E-state index contributed by atoms with van der Waals surface area (Å²) in [5.74, 6) is -1.71. The molecule has 0 amide bonds. The van der Waals surface area contributed by atoms with Crippen LogP contribution in [0.4, 0.5) is 8.78 Å². The molecule has 0 radical (unpaired) electrons. The van der Waals surface area contributed by atoms with Crippen molar-refractivity contribution in [3.63, 3.8) is 0 Å². The smallest absolute Gasteiger partial charge is 0.159 e. The van der Waals surface area contributed by atoms with Crippen molar-refractivity contribution in [2.45, 2.75) is 6.42 Å². The van der Waals surface area contributed by atoms with Crippen molar-refractivity contribution in [2.24, 2.45) is 12.8 Å². The SMILES string of the molecule is Cn1ncc(-c2ccc(F)c(F)c2)c1CCN. The fourth-order valence-corrected chi connectivity index (χ4v) is 1.80. The molecule has 0 aliphatic carbocycles. The van der Waals surface area contributed by atoms with E-state index in [1.165, 1.54) is 12.1 Å². The number of hydrogen-bond donors (Lipinski definition) is 1. The molecule has 0 saturated carbocycles. The predicted molar refractivity (Wildman–Crippen MR) is 61.3 cm³/mol. The first-order valence-electron chi connectivity index (χ1n) is 5.30. The normalized spacial score (nSPS) is 10.8. The molecule has 0 fully saturated rings. The molecule has 0 aliphatic rings. The van der Waals surface area contributed by atoms with Crippen molar-refractivity contribution in [3.05, 3.63) is 41.7 Å². The van der Waals surface area contributed by atoms with Crippen LogP contribution in [-0.4, -0.2) is 16.3 Å². The lowest BCUT2D eigenvalue weighted by Crippen LogP contribution is -2.08. The molecule has 17 heavy (non-hydrogen) atoms. The summed E-state index contributed by atoms with van der Waals surface area (Å²) in [7, 11) is 1.80. The molecule has 0 atom stereocenters. The van der Waals surface area contributed by atoms with Crippen LogP contribution in [0.1, 0.15) is 5.69 Å². The van der Waals surface area contributed by atoms with E-state index in [0.717, 1.165) is 17.3 Å². The minimum absolute atomic E-state index is 0.482. The summed E-state index contributed by atoms with van der Waals surface area (Å²) in [6.07, 6.45) is 2.28. The second-order valence-electron chi connectivity index (χ2n) is 3.80. The Morgan fingerprint density at radius 2 is 2.06 bits per heavy atom. The Hall–Kier alpha value is -1.75. The number of halogens is 2. The highest BCUT2D eigenvalue weighted by Crippen LogP contribution is 2.25. The number of aryl methyl sites for hydroxylation is 1. The fourth-order valence-electron chi connectivity index (χ4n) is 1.80. The van der Waals surface area contributed by atoms with Gasteiger partial charge in [-0.05, 0) is 24.2 Å². The van der Waals surface area contributed by atoms with Gasteiger partial charge in [0.2, 0.25) is 0 Å². The van der Waals surface area contributed by atoms with Gasteiger partial charge in [0, 0.05) is 24.7 Å². The molecule has 5 heteroatoms.